The molecule has 0 aliphatic carbocycles. The van der Waals surface area contributed by atoms with Crippen LogP contribution in [0.25, 0.3) is 10.2 Å². The van der Waals surface area contributed by atoms with Crippen LogP contribution in [-0.2, 0) is 4.79 Å². The lowest BCUT2D eigenvalue weighted by Crippen LogP contribution is -2.37. The van der Waals surface area contributed by atoms with E-state index in [-0.39, 0.29) is 17.3 Å². The van der Waals surface area contributed by atoms with Gasteiger partial charge in [0.05, 0.1) is 28.2 Å². The molecule has 0 amide bonds. The average Bonchev–Trinajstić information content (AvgIpc) is 3.14. The zero-order valence-electron chi connectivity index (χ0n) is 15.9. The maximum Gasteiger partial charge on any atom is 0.353 e. The van der Waals surface area contributed by atoms with Crippen LogP contribution in [0.15, 0.2) is 24.5 Å². The minimum Gasteiger partial charge on any atom is -0.497 e. The molecule has 1 aromatic carbocycles. The van der Waals surface area contributed by atoms with Gasteiger partial charge < -0.3 is 20.1 Å². The van der Waals surface area contributed by atoms with Gasteiger partial charge in [0.25, 0.3) is 0 Å². The number of aromatic nitrogens is 3. The Morgan fingerprint density at radius 1 is 1.37 bits per heavy atom. The van der Waals surface area contributed by atoms with E-state index in [0.29, 0.717) is 36.8 Å². The maximum absolute atomic E-state index is 11.8. The number of nitrogens with one attached hydrogen (secondary N) is 1. The Morgan fingerprint density at radius 3 is 2.80 bits per heavy atom. The minimum absolute atomic E-state index is 0.0383. The molecule has 1 aliphatic rings. The number of ether oxygens (including phenoxy) is 1. The minimum atomic E-state index is -0.846. The van der Waals surface area contributed by atoms with Gasteiger partial charge in [0.15, 0.2) is 5.13 Å². The van der Waals surface area contributed by atoms with Crippen molar-refractivity contribution in [2.75, 3.05) is 30.4 Å². The molecule has 30 heavy (non-hydrogen) atoms. The fourth-order valence-electron chi connectivity index (χ4n) is 3.39. The molecule has 0 saturated carbocycles. The molecule has 1 saturated heterocycles. The van der Waals surface area contributed by atoms with Crippen LogP contribution in [0.1, 0.15) is 12.8 Å². The number of carboxylic acids is 1. The summed E-state index contributed by atoms with van der Waals surface area (Å²) in [5.41, 5.74) is 0.471. The molecule has 11 nitrogen and oxygen atoms in total. The molecule has 0 radical (unpaired) electrons. The third-order valence-corrected chi connectivity index (χ3v) is 5.88. The Balaban J connectivity index is 1.63. The lowest BCUT2D eigenvalue weighted by atomic mass is 9.97. The van der Waals surface area contributed by atoms with Crippen LogP contribution in [0.2, 0.25) is 0 Å². The summed E-state index contributed by atoms with van der Waals surface area (Å²) >= 11 is 1.32. The van der Waals surface area contributed by atoms with Gasteiger partial charge in [-0.3, -0.25) is 14.9 Å². The van der Waals surface area contributed by atoms with E-state index < -0.39 is 16.8 Å². The van der Waals surface area contributed by atoms with Crippen molar-refractivity contribution < 1.29 is 19.6 Å². The van der Waals surface area contributed by atoms with Crippen LogP contribution in [0.3, 0.4) is 0 Å². The molecule has 4 rings (SSSR count). The molecular formula is C18H18N6O5S. The third kappa shape index (κ3) is 3.81. The number of aliphatic carboxylic acids is 1. The topological polar surface area (TPSA) is 144 Å². The summed E-state index contributed by atoms with van der Waals surface area (Å²) in [6.45, 7) is 0.740. The van der Waals surface area contributed by atoms with Crippen molar-refractivity contribution in [1.82, 2.24) is 15.0 Å². The first kappa shape index (κ1) is 19.8. The van der Waals surface area contributed by atoms with Crippen molar-refractivity contribution >= 4 is 50.0 Å². The van der Waals surface area contributed by atoms with Gasteiger partial charge >= 0.3 is 11.7 Å². The summed E-state index contributed by atoms with van der Waals surface area (Å²) < 4.78 is 6.08. The van der Waals surface area contributed by atoms with Crippen LogP contribution in [0.5, 0.6) is 5.75 Å². The van der Waals surface area contributed by atoms with E-state index in [0.717, 1.165) is 10.2 Å². The molecule has 1 aliphatic heterocycles. The number of thiazole rings is 1. The van der Waals surface area contributed by atoms with Crippen LogP contribution in [-0.4, -0.2) is 51.2 Å². The number of hydrogen-bond donors (Lipinski definition) is 2. The molecule has 0 bridgehead atoms. The number of rotatable bonds is 6. The Hall–Kier alpha value is -3.54. The third-order valence-electron chi connectivity index (χ3n) is 4.95. The Bertz CT molecular complexity index is 1110. The van der Waals surface area contributed by atoms with Crippen molar-refractivity contribution in [1.29, 1.82) is 0 Å². The number of hydrogen-bond acceptors (Lipinski definition) is 10. The number of benzene rings is 1. The normalized spacial score (nSPS) is 14.6. The second kappa shape index (κ2) is 8.06. The molecule has 12 heteroatoms. The van der Waals surface area contributed by atoms with Crippen molar-refractivity contribution in [3.8, 4) is 5.75 Å². The van der Waals surface area contributed by atoms with Gasteiger partial charge in [0.1, 0.15) is 12.1 Å². The predicted octanol–water partition coefficient (Wildman–Crippen LogP) is 3.05. The maximum atomic E-state index is 11.8. The summed E-state index contributed by atoms with van der Waals surface area (Å²) in [5, 5.41) is 24.4. The number of anilines is 3. The van der Waals surface area contributed by atoms with Crippen LogP contribution in [0, 0.1) is 16.0 Å². The molecule has 2 aromatic heterocycles. The highest BCUT2D eigenvalue weighted by atomic mass is 32.1. The summed E-state index contributed by atoms with van der Waals surface area (Å²) in [5.74, 6) is -0.389. The quantitative estimate of drug-likeness (QED) is 0.442. The first-order valence-electron chi connectivity index (χ1n) is 9.15. The van der Waals surface area contributed by atoms with E-state index in [1.165, 1.54) is 17.7 Å². The second-order valence-electron chi connectivity index (χ2n) is 6.73. The van der Waals surface area contributed by atoms with Crippen molar-refractivity contribution in [3.05, 3.63) is 34.6 Å². The highest BCUT2D eigenvalue weighted by Crippen LogP contribution is 2.37. The highest BCUT2D eigenvalue weighted by molar-refractivity contribution is 7.22. The number of nitrogens with zero attached hydrogens (tertiary/aromatic N) is 5. The molecule has 0 atom stereocenters. The molecule has 2 N–H and O–H groups in total. The summed E-state index contributed by atoms with van der Waals surface area (Å²) in [6, 6.07) is 5.44. The van der Waals surface area contributed by atoms with Gasteiger partial charge in [-0.05, 0) is 31.0 Å². The summed E-state index contributed by atoms with van der Waals surface area (Å²) in [7, 11) is 1.58. The van der Waals surface area contributed by atoms with Gasteiger partial charge in [-0.2, -0.15) is 0 Å². The number of methoxy groups -OCH3 is 1. The number of nitro groups is 1. The first-order chi connectivity index (χ1) is 14.5. The number of fused-ring (bicyclic) bond motifs is 1. The van der Waals surface area contributed by atoms with E-state index in [2.05, 4.69) is 20.3 Å². The van der Waals surface area contributed by atoms with Crippen LogP contribution in [0.4, 0.5) is 22.5 Å². The van der Waals surface area contributed by atoms with Gasteiger partial charge in [-0.25, -0.2) is 15.0 Å². The first-order valence-corrected chi connectivity index (χ1v) is 9.96. The summed E-state index contributed by atoms with van der Waals surface area (Å²) in [4.78, 5) is 36.8. The molecule has 0 spiro atoms. The zero-order chi connectivity index (χ0) is 21.3. The standard InChI is InChI=1S/C18H18N6O5S/c1-29-11-2-3-12-13(8-11)30-18(21-12)22-15-14(24(27)28)16(20-9-19-15)23-6-4-10(5-7-23)17(25)26/h2-3,8-10H,4-7H2,1H3,(H,25,26)(H,19,20,21,22). The van der Waals surface area contributed by atoms with Gasteiger partial charge in [0, 0.05) is 13.1 Å². The van der Waals surface area contributed by atoms with Crippen LogP contribution < -0.4 is 15.0 Å². The van der Waals surface area contributed by atoms with Gasteiger partial charge in [0.2, 0.25) is 11.6 Å². The fourth-order valence-corrected chi connectivity index (χ4v) is 4.28. The van der Waals surface area contributed by atoms with Crippen LogP contribution >= 0.6 is 11.3 Å². The molecule has 1 fully saturated rings. The SMILES string of the molecule is COc1ccc2nc(Nc3ncnc(N4CCC(C(=O)O)CC4)c3[N+](=O)[O-])sc2c1. The molecular weight excluding hydrogens is 412 g/mol. The summed E-state index contributed by atoms with van der Waals surface area (Å²) in [6.07, 6.45) is 2.06. The lowest BCUT2D eigenvalue weighted by molar-refractivity contribution is -0.383. The molecule has 0 unspecified atom stereocenters. The Labute approximate surface area is 174 Å². The fraction of sp³-hybridized carbons (Fsp3) is 0.333. The zero-order valence-corrected chi connectivity index (χ0v) is 16.8. The Kier molecular flexibility index (Phi) is 5.31. The van der Waals surface area contributed by atoms with Crippen molar-refractivity contribution in [2.24, 2.45) is 5.92 Å². The van der Waals surface area contributed by atoms with Gasteiger partial charge in [-0.1, -0.05) is 11.3 Å². The number of piperidine rings is 1. The van der Waals surface area contributed by atoms with E-state index in [4.69, 9.17) is 9.84 Å². The smallest absolute Gasteiger partial charge is 0.353 e. The van der Waals surface area contributed by atoms with E-state index in [1.807, 2.05) is 12.1 Å². The predicted molar refractivity (Wildman–Crippen MR) is 111 cm³/mol. The van der Waals surface area contributed by atoms with E-state index >= 15 is 0 Å². The highest BCUT2D eigenvalue weighted by Gasteiger charge is 2.32. The lowest BCUT2D eigenvalue weighted by Gasteiger charge is -2.30. The average molecular weight is 430 g/mol. The monoisotopic (exact) mass is 430 g/mol. The molecule has 3 heterocycles. The number of carbonyl (C=O) groups is 1. The van der Waals surface area contributed by atoms with E-state index in [9.17, 15) is 14.9 Å². The van der Waals surface area contributed by atoms with Gasteiger partial charge in [-0.15, -0.1) is 0 Å². The number of carboxylic acid groups (broad SMARTS) is 1. The van der Waals surface area contributed by atoms with Crippen molar-refractivity contribution in [3.63, 3.8) is 0 Å². The second-order valence-corrected chi connectivity index (χ2v) is 7.76. The Morgan fingerprint density at radius 2 is 2.13 bits per heavy atom. The molecule has 156 valence electrons. The largest absolute Gasteiger partial charge is 0.497 e. The molecule has 3 aromatic rings. The van der Waals surface area contributed by atoms with Crippen molar-refractivity contribution in [2.45, 2.75) is 12.8 Å². The van der Waals surface area contributed by atoms with E-state index in [1.54, 1.807) is 18.1 Å².